The van der Waals surface area contributed by atoms with E-state index >= 15 is 0 Å². The predicted molar refractivity (Wildman–Crippen MR) is 103 cm³/mol. The summed E-state index contributed by atoms with van der Waals surface area (Å²) in [6, 6.07) is 9.79. The molecular formula is C18H19BrN2O2S. The molecule has 2 rings (SSSR count). The van der Waals surface area contributed by atoms with Gasteiger partial charge in [-0.3, -0.25) is 4.79 Å². The van der Waals surface area contributed by atoms with E-state index in [4.69, 9.17) is 4.74 Å². The Hall–Kier alpha value is -1.71. The van der Waals surface area contributed by atoms with Crippen molar-refractivity contribution in [2.75, 3.05) is 6.26 Å². The van der Waals surface area contributed by atoms with Gasteiger partial charge in [-0.2, -0.15) is 0 Å². The summed E-state index contributed by atoms with van der Waals surface area (Å²) < 4.78 is 6.87. The van der Waals surface area contributed by atoms with Crippen LogP contribution >= 0.6 is 27.7 Å². The molecule has 24 heavy (non-hydrogen) atoms. The summed E-state index contributed by atoms with van der Waals surface area (Å²) >= 11 is 4.98. The minimum absolute atomic E-state index is 0.159. The molecule has 0 saturated heterocycles. The Morgan fingerprint density at radius 2 is 2.17 bits per heavy atom. The van der Waals surface area contributed by atoms with Crippen LogP contribution in [0, 0.1) is 11.8 Å². The second kappa shape index (κ2) is 7.91. The van der Waals surface area contributed by atoms with E-state index in [2.05, 4.69) is 38.1 Å². The van der Waals surface area contributed by atoms with Crippen LogP contribution in [0.5, 0.6) is 5.88 Å². The number of thioether (sulfide) groups is 1. The van der Waals surface area contributed by atoms with Crippen molar-refractivity contribution in [2.45, 2.75) is 31.7 Å². The van der Waals surface area contributed by atoms with Crippen LogP contribution in [0.15, 0.2) is 34.8 Å². The Morgan fingerprint density at radius 1 is 1.46 bits per heavy atom. The Labute approximate surface area is 154 Å². The van der Waals surface area contributed by atoms with E-state index in [-0.39, 0.29) is 5.91 Å². The normalized spacial score (nSPS) is 14.2. The minimum atomic E-state index is -0.827. The maximum Gasteiger partial charge on any atom is 0.229 e. The van der Waals surface area contributed by atoms with Crippen molar-refractivity contribution in [1.29, 1.82) is 0 Å². The van der Waals surface area contributed by atoms with Crippen LogP contribution in [0.4, 0.5) is 0 Å². The van der Waals surface area contributed by atoms with Gasteiger partial charge in [0, 0.05) is 12.3 Å². The molecule has 1 aromatic heterocycles. The second-order valence-electron chi connectivity index (χ2n) is 5.41. The van der Waals surface area contributed by atoms with E-state index in [9.17, 15) is 4.79 Å². The lowest BCUT2D eigenvalue weighted by Gasteiger charge is -2.32. The molecule has 2 aromatic rings. The molecular weight excluding hydrogens is 388 g/mol. The number of amides is 1. The van der Waals surface area contributed by atoms with Gasteiger partial charge in [-0.1, -0.05) is 24.1 Å². The standard InChI is InChI=1S/C18H19BrN2O2S/c1-5-10-18(3,21-12(2)22)17(24-4)23-16-14(19)11-13-8-6-7-9-15(13)20-16/h6-9,11,17H,1-4H3,(H,21,22). The number of nitrogens with one attached hydrogen (secondary N) is 1. The molecule has 0 saturated carbocycles. The topological polar surface area (TPSA) is 51.2 Å². The monoisotopic (exact) mass is 406 g/mol. The summed E-state index contributed by atoms with van der Waals surface area (Å²) in [7, 11) is 0. The average Bonchev–Trinajstić information content (AvgIpc) is 2.52. The van der Waals surface area contributed by atoms with Crippen molar-refractivity contribution in [2.24, 2.45) is 0 Å². The number of hydrogen-bond donors (Lipinski definition) is 1. The van der Waals surface area contributed by atoms with Crippen LogP contribution in [0.25, 0.3) is 10.9 Å². The first-order chi connectivity index (χ1) is 11.4. The van der Waals surface area contributed by atoms with E-state index in [0.717, 1.165) is 15.4 Å². The third-order valence-corrected chi connectivity index (χ3v) is 4.93. The Bertz CT molecular complexity index is 816. The summed E-state index contributed by atoms with van der Waals surface area (Å²) in [5, 5.41) is 3.91. The summed E-state index contributed by atoms with van der Waals surface area (Å²) in [4.78, 5) is 16.2. The molecule has 1 heterocycles. The number of fused-ring (bicyclic) bond motifs is 1. The van der Waals surface area contributed by atoms with Gasteiger partial charge in [0.05, 0.1) is 9.99 Å². The van der Waals surface area contributed by atoms with E-state index in [1.165, 1.54) is 18.7 Å². The van der Waals surface area contributed by atoms with Gasteiger partial charge in [-0.15, -0.1) is 17.7 Å². The molecule has 2 unspecified atom stereocenters. The highest BCUT2D eigenvalue weighted by Crippen LogP contribution is 2.31. The van der Waals surface area contributed by atoms with E-state index < -0.39 is 11.0 Å². The van der Waals surface area contributed by atoms with Crippen molar-refractivity contribution < 1.29 is 9.53 Å². The van der Waals surface area contributed by atoms with E-state index in [0.29, 0.717) is 5.88 Å². The summed E-state index contributed by atoms with van der Waals surface area (Å²) in [5.74, 6) is 6.23. The molecule has 0 aliphatic rings. The summed E-state index contributed by atoms with van der Waals surface area (Å²) in [6.07, 6.45) is 1.91. The van der Waals surface area contributed by atoms with E-state index in [1.807, 2.05) is 43.5 Å². The fourth-order valence-corrected chi connectivity index (χ4v) is 3.64. The molecule has 0 bridgehead atoms. The Kier molecular flexibility index (Phi) is 6.14. The number of carbonyl (C=O) groups excluding carboxylic acids is 1. The number of halogens is 1. The highest BCUT2D eigenvalue weighted by Gasteiger charge is 2.35. The van der Waals surface area contributed by atoms with Gasteiger partial charge < -0.3 is 10.1 Å². The lowest BCUT2D eigenvalue weighted by Crippen LogP contribution is -2.53. The lowest BCUT2D eigenvalue weighted by atomic mass is 10.0. The van der Waals surface area contributed by atoms with Crippen LogP contribution in [-0.2, 0) is 4.79 Å². The number of nitrogens with zero attached hydrogens (tertiary/aromatic N) is 1. The molecule has 0 spiro atoms. The van der Waals surface area contributed by atoms with Crippen LogP contribution in [0.2, 0.25) is 0 Å². The number of hydrogen-bond acceptors (Lipinski definition) is 4. The number of benzene rings is 1. The number of ether oxygens (including phenoxy) is 1. The SMILES string of the molecule is CC#CC(C)(NC(C)=O)C(Oc1nc2ccccc2cc1Br)SC. The number of aromatic nitrogens is 1. The molecule has 6 heteroatoms. The zero-order valence-electron chi connectivity index (χ0n) is 14.0. The molecule has 0 fully saturated rings. The van der Waals surface area contributed by atoms with Crippen LogP contribution < -0.4 is 10.1 Å². The predicted octanol–water partition coefficient (Wildman–Crippen LogP) is 3.98. The lowest BCUT2D eigenvalue weighted by molar-refractivity contribution is -0.120. The first-order valence-electron chi connectivity index (χ1n) is 7.37. The molecule has 0 aliphatic heterocycles. The first kappa shape index (κ1) is 18.6. The van der Waals surface area contributed by atoms with Crippen molar-refractivity contribution >= 4 is 44.5 Å². The zero-order chi connectivity index (χ0) is 17.7. The quantitative estimate of drug-likeness (QED) is 0.602. The second-order valence-corrected chi connectivity index (χ2v) is 7.17. The van der Waals surface area contributed by atoms with Crippen molar-refractivity contribution in [3.05, 3.63) is 34.8 Å². The maximum atomic E-state index is 11.6. The van der Waals surface area contributed by atoms with Crippen LogP contribution in [-0.4, -0.2) is 28.1 Å². The fourth-order valence-electron chi connectivity index (χ4n) is 2.43. The number of para-hydroxylation sites is 1. The van der Waals surface area contributed by atoms with Crippen molar-refractivity contribution in [3.63, 3.8) is 0 Å². The average molecular weight is 407 g/mol. The Balaban J connectivity index is 2.39. The largest absolute Gasteiger partial charge is 0.459 e. The number of carbonyl (C=O) groups is 1. The van der Waals surface area contributed by atoms with Crippen LogP contribution in [0.1, 0.15) is 20.8 Å². The summed E-state index contributed by atoms with van der Waals surface area (Å²) in [5.41, 5.74) is -0.399. The fraction of sp³-hybridized carbons (Fsp3) is 0.333. The third kappa shape index (κ3) is 4.22. The molecule has 1 aromatic carbocycles. The van der Waals surface area contributed by atoms with Gasteiger partial charge in [-0.05, 0) is 48.2 Å². The molecule has 1 amide bonds. The van der Waals surface area contributed by atoms with Gasteiger partial charge >= 0.3 is 0 Å². The third-order valence-electron chi connectivity index (χ3n) is 3.37. The summed E-state index contributed by atoms with van der Waals surface area (Å²) in [6.45, 7) is 5.06. The smallest absolute Gasteiger partial charge is 0.229 e. The number of rotatable bonds is 5. The van der Waals surface area contributed by atoms with Gasteiger partial charge in [0.1, 0.15) is 5.54 Å². The molecule has 126 valence electrons. The molecule has 1 N–H and O–H groups in total. The molecule has 0 radical (unpaired) electrons. The molecule has 0 aliphatic carbocycles. The van der Waals surface area contributed by atoms with E-state index in [1.54, 1.807) is 6.92 Å². The van der Waals surface area contributed by atoms with Gasteiger partial charge in [-0.25, -0.2) is 4.98 Å². The minimum Gasteiger partial charge on any atom is -0.459 e. The molecule has 4 nitrogen and oxygen atoms in total. The van der Waals surface area contributed by atoms with Gasteiger partial charge in [0.2, 0.25) is 11.8 Å². The van der Waals surface area contributed by atoms with Gasteiger partial charge in [0.15, 0.2) is 5.44 Å². The molecule has 2 atom stereocenters. The highest BCUT2D eigenvalue weighted by atomic mass is 79.9. The van der Waals surface area contributed by atoms with Crippen LogP contribution in [0.3, 0.4) is 0 Å². The Morgan fingerprint density at radius 3 is 2.79 bits per heavy atom. The van der Waals surface area contributed by atoms with Crippen molar-refractivity contribution in [3.8, 4) is 17.7 Å². The number of pyridine rings is 1. The maximum absolute atomic E-state index is 11.6. The highest BCUT2D eigenvalue weighted by molar-refractivity contribution is 9.10. The van der Waals surface area contributed by atoms with Crippen molar-refractivity contribution in [1.82, 2.24) is 10.3 Å². The first-order valence-corrected chi connectivity index (χ1v) is 9.45. The van der Waals surface area contributed by atoms with Gasteiger partial charge in [0.25, 0.3) is 0 Å². The zero-order valence-corrected chi connectivity index (χ0v) is 16.4.